The van der Waals surface area contributed by atoms with Crippen LogP contribution < -0.4 is 5.32 Å². The molecule has 0 aliphatic rings. The minimum Gasteiger partial charge on any atom is -0.387 e. The van der Waals surface area contributed by atoms with E-state index in [1.165, 1.54) is 0 Å². The zero-order valence-corrected chi connectivity index (χ0v) is 7.15. The first-order valence-electron chi connectivity index (χ1n) is 3.71. The fourth-order valence-corrected chi connectivity index (χ4v) is 0.927. The summed E-state index contributed by atoms with van der Waals surface area (Å²) in [6.07, 6.45) is 1.69. The maximum absolute atomic E-state index is 11.2. The van der Waals surface area contributed by atoms with Gasteiger partial charge in [-0.05, 0) is 12.1 Å². The average molecular weight is 182 g/mol. The number of nitrogens with zero attached hydrogens (tertiary/aromatic N) is 1. The van der Waals surface area contributed by atoms with Crippen molar-refractivity contribution in [2.75, 3.05) is 6.61 Å². The average Bonchev–Trinajstić information content (AvgIpc) is 2.51. The summed E-state index contributed by atoms with van der Waals surface area (Å²) < 4.78 is 1.58. The van der Waals surface area contributed by atoms with Crippen molar-refractivity contribution in [3.05, 3.63) is 24.0 Å². The van der Waals surface area contributed by atoms with E-state index in [0.717, 1.165) is 0 Å². The normalized spacial score (nSPS) is 9.69. The molecule has 2 N–H and O–H groups in total. The van der Waals surface area contributed by atoms with Crippen molar-refractivity contribution < 1.29 is 14.7 Å². The topological polar surface area (TPSA) is 71.3 Å². The molecule has 2 amide bonds. The van der Waals surface area contributed by atoms with Gasteiger partial charge in [0.25, 0.3) is 11.8 Å². The van der Waals surface area contributed by atoms with E-state index >= 15 is 0 Å². The second-order valence-electron chi connectivity index (χ2n) is 2.54. The number of imide groups is 1. The van der Waals surface area contributed by atoms with Crippen LogP contribution in [0.1, 0.15) is 10.5 Å². The van der Waals surface area contributed by atoms with Crippen molar-refractivity contribution in [1.82, 2.24) is 9.88 Å². The van der Waals surface area contributed by atoms with E-state index in [0.29, 0.717) is 5.69 Å². The molecule has 0 unspecified atom stereocenters. The number of nitrogens with one attached hydrogen (secondary N) is 1. The van der Waals surface area contributed by atoms with Gasteiger partial charge in [0, 0.05) is 13.2 Å². The van der Waals surface area contributed by atoms with Crippen LogP contribution in [0, 0.1) is 0 Å². The third-order valence-electron chi connectivity index (χ3n) is 1.57. The van der Waals surface area contributed by atoms with Crippen LogP contribution in [0.2, 0.25) is 0 Å². The van der Waals surface area contributed by atoms with Crippen LogP contribution in [0.3, 0.4) is 0 Å². The second kappa shape index (κ2) is 3.86. The molecule has 1 aromatic heterocycles. The molecule has 0 aromatic carbocycles. The van der Waals surface area contributed by atoms with Gasteiger partial charge in [-0.1, -0.05) is 0 Å². The number of hydrogen-bond donors (Lipinski definition) is 2. The van der Waals surface area contributed by atoms with Gasteiger partial charge in [-0.25, -0.2) is 0 Å². The van der Waals surface area contributed by atoms with Crippen molar-refractivity contribution >= 4 is 11.8 Å². The Labute approximate surface area is 75.0 Å². The number of aryl methyl sites for hydroxylation is 1. The van der Waals surface area contributed by atoms with Crippen LogP contribution in [0.4, 0.5) is 0 Å². The summed E-state index contributed by atoms with van der Waals surface area (Å²) in [7, 11) is 1.69. The zero-order valence-electron chi connectivity index (χ0n) is 7.15. The van der Waals surface area contributed by atoms with Crippen LogP contribution >= 0.6 is 0 Å². The first-order chi connectivity index (χ1) is 6.15. The Hall–Kier alpha value is -1.62. The van der Waals surface area contributed by atoms with E-state index < -0.39 is 18.4 Å². The molecule has 0 saturated heterocycles. The number of carbonyl (C=O) groups excluding carboxylic acids is 2. The zero-order chi connectivity index (χ0) is 9.84. The van der Waals surface area contributed by atoms with Crippen molar-refractivity contribution in [2.45, 2.75) is 0 Å². The van der Waals surface area contributed by atoms with Crippen molar-refractivity contribution in [3.63, 3.8) is 0 Å². The summed E-state index contributed by atoms with van der Waals surface area (Å²) in [5, 5.41) is 10.4. The highest BCUT2D eigenvalue weighted by molar-refractivity contribution is 6.04. The predicted molar refractivity (Wildman–Crippen MR) is 45.0 cm³/mol. The van der Waals surface area contributed by atoms with E-state index in [1.54, 1.807) is 29.9 Å². The largest absolute Gasteiger partial charge is 0.387 e. The summed E-state index contributed by atoms with van der Waals surface area (Å²) in [6.45, 7) is -0.684. The number of hydrogen-bond acceptors (Lipinski definition) is 3. The van der Waals surface area contributed by atoms with E-state index in [9.17, 15) is 9.59 Å². The third-order valence-corrected chi connectivity index (χ3v) is 1.57. The molecule has 0 spiro atoms. The molecular weight excluding hydrogens is 172 g/mol. The van der Waals surface area contributed by atoms with Crippen LogP contribution in [-0.4, -0.2) is 28.1 Å². The quantitative estimate of drug-likeness (QED) is 0.633. The lowest BCUT2D eigenvalue weighted by atomic mass is 10.4. The van der Waals surface area contributed by atoms with Gasteiger partial charge in [0.2, 0.25) is 0 Å². The Bertz CT molecular complexity index is 330. The summed E-state index contributed by atoms with van der Waals surface area (Å²) in [6, 6.07) is 3.28. The Morgan fingerprint density at radius 1 is 1.62 bits per heavy atom. The Kier molecular flexibility index (Phi) is 2.81. The number of aliphatic hydroxyl groups excluding tert-OH is 1. The highest BCUT2D eigenvalue weighted by Gasteiger charge is 2.11. The molecule has 70 valence electrons. The van der Waals surface area contributed by atoms with E-state index in [-0.39, 0.29) is 0 Å². The maximum Gasteiger partial charge on any atom is 0.274 e. The predicted octanol–water partition coefficient (Wildman–Crippen LogP) is -0.726. The first-order valence-corrected chi connectivity index (χ1v) is 3.71. The molecular formula is C8H10N2O3. The van der Waals surface area contributed by atoms with E-state index in [2.05, 4.69) is 0 Å². The van der Waals surface area contributed by atoms with Crippen molar-refractivity contribution in [3.8, 4) is 0 Å². The number of amides is 2. The summed E-state index contributed by atoms with van der Waals surface area (Å²) in [4.78, 5) is 21.9. The van der Waals surface area contributed by atoms with Crippen molar-refractivity contribution in [2.24, 2.45) is 7.05 Å². The molecule has 0 atom stereocenters. The van der Waals surface area contributed by atoms with Crippen molar-refractivity contribution in [1.29, 1.82) is 0 Å². The fourth-order valence-electron chi connectivity index (χ4n) is 0.927. The third kappa shape index (κ3) is 2.16. The Morgan fingerprint density at radius 3 is 2.77 bits per heavy atom. The maximum atomic E-state index is 11.2. The highest BCUT2D eigenvalue weighted by atomic mass is 16.3. The smallest absolute Gasteiger partial charge is 0.274 e. The SMILES string of the molecule is Cn1cccc1C(=O)NC(=O)CO. The molecule has 0 aliphatic heterocycles. The Balaban J connectivity index is 2.69. The lowest BCUT2D eigenvalue weighted by Crippen LogP contribution is -2.33. The molecule has 5 nitrogen and oxygen atoms in total. The van der Waals surface area contributed by atoms with Gasteiger partial charge in [-0.3, -0.25) is 14.9 Å². The second-order valence-corrected chi connectivity index (χ2v) is 2.54. The molecule has 1 aromatic rings. The minimum absolute atomic E-state index is 0.377. The summed E-state index contributed by atoms with van der Waals surface area (Å²) in [5.74, 6) is -1.21. The summed E-state index contributed by atoms with van der Waals surface area (Å²) in [5.41, 5.74) is 0.377. The van der Waals surface area contributed by atoms with E-state index in [1.807, 2.05) is 5.32 Å². The molecule has 0 bridgehead atoms. The lowest BCUT2D eigenvalue weighted by molar-refractivity contribution is -0.122. The van der Waals surface area contributed by atoms with Gasteiger partial charge >= 0.3 is 0 Å². The van der Waals surface area contributed by atoms with Gasteiger partial charge in [-0.15, -0.1) is 0 Å². The van der Waals surface area contributed by atoms with Crippen LogP contribution in [0.25, 0.3) is 0 Å². The van der Waals surface area contributed by atoms with Crippen LogP contribution in [0.15, 0.2) is 18.3 Å². The lowest BCUT2D eigenvalue weighted by Gasteiger charge is -2.02. The molecule has 0 saturated carbocycles. The molecule has 1 heterocycles. The molecule has 0 radical (unpaired) electrons. The Morgan fingerprint density at radius 2 is 2.31 bits per heavy atom. The molecule has 5 heteroatoms. The van der Waals surface area contributed by atoms with Gasteiger partial charge in [0.05, 0.1) is 0 Å². The first kappa shape index (κ1) is 9.47. The molecule has 0 aliphatic carbocycles. The van der Waals surface area contributed by atoms with Gasteiger partial charge < -0.3 is 9.67 Å². The molecule has 13 heavy (non-hydrogen) atoms. The number of rotatable bonds is 2. The van der Waals surface area contributed by atoms with Gasteiger partial charge in [0.1, 0.15) is 12.3 Å². The van der Waals surface area contributed by atoms with E-state index in [4.69, 9.17) is 5.11 Å². The minimum atomic E-state index is -0.703. The molecule has 1 rings (SSSR count). The van der Waals surface area contributed by atoms with Crippen LogP contribution in [0.5, 0.6) is 0 Å². The monoisotopic (exact) mass is 182 g/mol. The fraction of sp³-hybridized carbons (Fsp3) is 0.250. The number of carbonyl (C=O) groups is 2. The summed E-state index contributed by atoms with van der Waals surface area (Å²) >= 11 is 0. The number of aromatic nitrogens is 1. The number of aliphatic hydroxyl groups is 1. The van der Waals surface area contributed by atoms with Gasteiger partial charge in [-0.2, -0.15) is 0 Å². The molecule has 0 fully saturated rings. The highest BCUT2D eigenvalue weighted by Crippen LogP contribution is 1.98. The van der Waals surface area contributed by atoms with Gasteiger partial charge in [0.15, 0.2) is 0 Å². The van der Waals surface area contributed by atoms with Crippen LogP contribution in [-0.2, 0) is 11.8 Å². The standard InChI is InChI=1S/C8H10N2O3/c1-10-4-2-3-6(10)8(13)9-7(12)5-11/h2-4,11H,5H2,1H3,(H,9,12,13).